The first-order chi connectivity index (χ1) is 9.19. The molecule has 1 N–H and O–H groups in total. The van der Waals surface area contributed by atoms with Crippen LogP contribution in [-0.2, 0) is 6.42 Å². The monoisotopic (exact) mass is 317 g/mol. The quantitative estimate of drug-likeness (QED) is 0.847. The zero-order valence-corrected chi connectivity index (χ0v) is 13.6. The van der Waals surface area contributed by atoms with E-state index in [9.17, 15) is 0 Å². The van der Waals surface area contributed by atoms with E-state index < -0.39 is 0 Å². The third-order valence-electron chi connectivity index (χ3n) is 3.84. The Kier molecular flexibility index (Phi) is 6.34. The number of nitrogens with one attached hydrogen (secondary N) is 1. The molecular formula is C15H21Cl2NS. The third-order valence-corrected chi connectivity index (χ3v) is 5.49. The Morgan fingerprint density at radius 1 is 1.32 bits per heavy atom. The second-order valence-electron chi connectivity index (χ2n) is 5.22. The maximum absolute atomic E-state index is 6.25. The lowest BCUT2D eigenvalue weighted by atomic mass is 9.91. The van der Waals surface area contributed by atoms with Crippen LogP contribution in [0.3, 0.4) is 0 Å². The Morgan fingerprint density at radius 2 is 2.05 bits per heavy atom. The van der Waals surface area contributed by atoms with Crippen molar-refractivity contribution < 1.29 is 0 Å². The highest BCUT2D eigenvalue weighted by molar-refractivity contribution is 7.99. The molecule has 0 spiro atoms. The van der Waals surface area contributed by atoms with Gasteiger partial charge < -0.3 is 5.32 Å². The van der Waals surface area contributed by atoms with Crippen molar-refractivity contribution in [3.8, 4) is 0 Å². The summed E-state index contributed by atoms with van der Waals surface area (Å²) < 4.78 is 0. The standard InChI is InChI=1S/C15H21Cl2NS/c1-18-14(8-11-4-6-19-7-5-11)10-12-9-13(16)2-3-15(12)17/h2-3,9,11,14,18H,4-8,10H2,1H3. The van der Waals surface area contributed by atoms with Gasteiger partial charge in [-0.25, -0.2) is 0 Å². The van der Waals surface area contributed by atoms with E-state index in [1.165, 1.54) is 30.8 Å². The topological polar surface area (TPSA) is 12.0 Å². The average Bonchev–Trinajstić information content (AvgIpc) is 2.43. The molecule has 2 rings (SSSR count). The molecule has 1 aromatic carbocycles. The number of halogens is 2. The Hall–Kier alpha value is 0.110. The van der Waals surface area contributed by atoms with Crippen molar-refractivity contribution in [1.29, 1.82) is 0 Å². The minimum atomic E-state index is 0.490. The molecule has 1 aliphatic rings. The zero-order valence-electron chi connectivity index (χ0n) is 11.3. The van der Waals surface area contributed by atoms with Gasteiger partial charge in [-0.3, -0.25) is 0 Å². The summed E-state index contributed by atoms with van der Waals surface area (Å²) >= 11 is 14.4. The maximum atomic E-state index is 6.25. The van der Waals surface area contributed by atoms with Crippen LogP contribution >= 0.6 is 35.0 Å². The van der Waals surface area contributed by atoms with Crippen molar-refractivity contribution in [2.45, 2.75) is 31.7 Å². The van der Waals surface area contributed by atoms with Crippen LogP contribution in [0.15, 0.2) is 18.2 Å². The minimum absolute atomic E-state index is 0.490. The number of thioether (sulfide) groups is 1. The van der Waals surface area contributed by atoms with Gasteiger partial charge in [0.15, 0.2) is 0 Å². The summed E-state index contributed by atoms with van der Waals surface area (Å²) in [4.78, 5) is 0. The van der Waals surface area contributed by atoms with Crippen LogP contribution in [0.25, 0.3) is 0 Å². The summed E-state index contributed by atoms with van der Waals surface area (Å²) in [7, 11) is 2.04. The summed E-state index contributed by atoms with van der Waals surface area (Å²) in [6.45, 7) is 0. The molecular weight excluding hydrogens is 297 g/mol. The fourth-order valence-corrected chi connectivity index (χ4v) is 4.25. The molecule has 4 heteroatoms. The highest BCUT2D eigenvalue weighted by Crippen LogP contribution is 2.28. The molecule has 1 fully saturated rings. The van der Waals surface area contributed by atoms with Crippen LogP contribution in [0.1, 0.15) is 24.8 Å². The molecule has 0 aliphatic carbocycles. The molecule has 19 heavy (non-hydrogen) atoms. The first kappa shape index (κ1) is 15.5. The Morgan fingerprint density at radius 3 is 2.74 bits per heavy atom. The lowest BCUT2D eigenvalue weighted by Crippen LogP contribution is -2.31. The first-order valence-electron chi connectivity index (χ1n) is 6.88. The van der Waals surface area contributed by atoms with Crippen LogP contribution in [0, 0.1) is 5.92 Å². The number of hydrogen-bond acceptors (Lipinski definition) is 2. The summed E-state index contributed by atoms with van der Waals surface area (Å²) in [6, 6.07) is 6.22. The molecule has 0 aromatic heterocycles. The molecule has 0 radical (unpaired) electrons. The van der Waals surface area contributed by atoms with Gasteiger partial charge in [-0.15, -0.1) is 0 Å². The summed E-state index contributed by atoms with van der Waals surface area (Å²) in [5, 5.41) is 5.03. The molecule has 0 saturated carbocycles. The largest absolute Gasteiger partial charge is 0.317 e. The van der Waals surface area contributed by atoms with E-state index in [0.29, 0.717) is 6.04 Å². The van der Waals surface area contributed by atoms with E-state index in [-0.39, 0.29) is 0 Å². The Bertz CT molecular complexity index is 405. The van der Waals surface area contributed by atoms with Gasteiger partial charge in [-0.05, 0) is 73.9 Å². The number of benzene rings is 1. The molecule has 1 aliphatic heterocycles. The predicted octanol–water partition coefficient (Wildman–Crippen LogP) is 4.66. The molecule has 1 nitrogen and oxygen atoms in total. The molecule has 1 unspecified atom stereocenters. The summed E-state index contributed by atoms with van der Waals surface area (Å²) in [6.07, 6.45) is 4.90. The Balaban J connectivity index is 1.95. The number of likely N-dealkylation sites (N-methyl/N-ethyl adjacent to an activating group) is 1. The van der Waals surface area contributed by atoms with Gasteiger partial charge in [0.05, 0.1) is 0 Å². The van der Waals surface area contributed by atoms with Gasteiger partial charge in [0.25, 0.3) is 0 Å². The van der Waals surface area contributed by atoms with Gasteiger partial charge in [0.2, 0.25) is 0 Å². The second kappa shape index (κ2) is 7.78. The highest BCUT2D eigenvalue weighted by atomic mass is 35.5. The van der Waals surface area contributed by atoms with Crippen molar-refractivity contribution in [2.75, 3.05) is 18.6 Å². The summed E-state index contributed by atoms with van der Waals surface area (Å²) in [5.41, 5.74) is 1.15. The fourth-order valence-electron chi connectivity index (χ4n) is 2.65. The zero-order chi connectivity index (χ0) is 13.7. The van der Waals surface area contributed by atoms with E-state index in [1.54, 1.807) is 0 Å². The molecule has 0 amide bonds. The lowest BCUT2D eigenvalue weighted by Gasteiger charge is -2.26. The maximum Gasteiger partial charge on any atom is 0.0439 e. The van der Waals surface area contributed by atoms with Crippen molar-refractivity contribution in [2.24, 2.45) is 5.92 Å². The van der Waals surface area contributed by atoms with Crippen LogP contribution in [0.2, 0.25) is 10.0 Å². The van der Waals surface area contributed by atoms with E-state index in [2.05, 4.69) is 17.1 Å². The van der Waals surface area contributed by atoms with Crippen molar-refractivity contribution in [3.05, 3.63) is 33.8 Å². The average molecular weight is 318 g/mol. The molecule has 0 bridgehead atoms. The van der Waals surface area contributed by atoms with Crippen molar-refractivity contribution in [3.63, 3.8) is 0 Å². The molecule has 1 heterocycles. The second-order valence-corrected chi connectivity index (χ2v) is 7.29. The molecule has 1 saturated heterocycles. The van der Waals surface area contributed by atoms with Crippen LogP contribution in [0.4, 0.5) is 0 Å². The predicted molar refractivity (Wildman–Crippen MR) is 87.7 cm³/mol. The van der Waals surface area contributed by atoms with Crippen LogP contribution < -0.4 is 5.32 Å². The van der Waals surface area contributed by atoms with E-state index >= 15 is 0 Å². The van der Waals surface area contributed by atoms with E-state index in [1.807, 2.05) is 25.2 Å². The highest BCUT2D eigenvalue weighted by Gasteiger charge is 2.19. The SMILES string of the molecule is CNC(Cc1cc(Cl)ccc1Cl)CC1CCSCC1. The Labute approximate surface area is 130 Å². The van der Waals surface area contributed by atoms with Gasteiger partial charge in [0, 0.05) is 16.1 Å². The van der Waals surface area contributed by atoms with Gasteiger partial charge in [-0.1, -0.05) is 23.2 Å². The molecule has 1 aromatic rings. The summed E-state index contributed by atoms with van der Waals surface area (Å²) in [5.74, 6) is 3.49. The number of hydrogen-bond donors (Lipinski definition) is 1. The van der Waals surface area contributed by atoms with Gasteiger partial charge >= 0.3 is 0 Å². The number of rotatable bonds is 5. The van der Waals surface area contributed by atoms with Gasteiger partial charge in [-0.2, -0.15) is 11.8 Å². The van der Waals surface area contributed by atoms with Crippen molar-refractivity contribution in [1.82, 2.24) is 5.32 Å². The first-order valence-corrected chi connectivity index (χ1v) is 8.79. The normalized spacial score (nSPS) is 18.5. The van der Waals surface area contributed by atoms with Crippen molar-refractivity contribution >= 4 is 35.0 Å². The third kappa shape index (κ3) is 4.86. The fraction of sp³-hybridized carbons (Fsp3) is 0.600. The van der Waals surface area contributed by atoms with Crippen LogP contribution in [-0.4, -0.2) is 24.6 Å². The smallest absolute Gasteiger partial charge is 0.0439 e. The van der Waals surface area contributed by atoms with Crippen LogP contribution in [0.5, 0.6) is 0 Å². The molecule has 1 atom stereocenters. The van der Waals surface area contributed by atoms with Gasteiger partial charge in [0.1, 0.15) is 0 Å². The lowest BCUT2D eigenvalue weighted by molar-refractivity contribution is 0.376. The van der Waals surface area contributed by atoms with E-state index in [0.717, 1.165) is 27.9 Å². The molecule has 106 valence electrons. The minimum Gasteiger partial charge on any atom is -0.317 e. The van der Waals surface area contributed by atoms with E-state index in [4.69, 9.17) is 23.2 Å².